The second-order valence-electron chi connectivity index (χ2n) is 2.37. The third-order valence-corrected chi connectivity index (χ3v) is 1.28. The molecule has 0 aliphatic carbocycles. The largest absolute Gasteiger partial charge is 0.480 e. The molecule has 0 aliphatic heterocycles. The molecule has 0 unspecified atom stereocenters. The lowest BCUT2D eigenvalue weighted by atomic mass is 10.3. The SMILES string of the molecule is COCCC(=O)N[C@H](C)C(=O)O. The van der Waals surface area contributed by atoms with Gasteiger partial charge in [0.05, 0.1) is 6.61 Å². The molecule has 0 spiro atoms. The van der Waals surface area contributed by atoms with Crippen molar-refractivity contribution in [3.8, 4) is 0 Å². The zero-order chi connectivity index (χ0) is 9.56. The number of amides is 1. The van der Waals surface area contributed by atoms with E-state index in [-0.39, 0.29) is 12.3 Å². The normalized spacial score (nSPS) is 12.2. The molecule has 0 aromatic carbocycles. The van der Waals surface area contributed by atoms with Gasteiger partial charge in [0.25, 0.3) is 0 Å². The predicted octanol–water partition coefficient (Wildman–Crippen LogP) is -0.388. The zero-order valence-electron chi connectivity index (χ0n) is 7.16. The second kappa shape index (κ2) is 5.54. The summed E-state index contributed by atoms with van der Waals surface area (Å²) in [7, 11) is 1.48. The first-order valence-electron chi connectivity index (χ1n) is 3.59. The molecule has 0 bridgehead atoms. The number of rotatable bonds is 5. The maximum absolute atomic E-state index is 10.9. The van der Waals surface area contributed by atoms with Crippen LogP contribution in [0.2, 0.25) is 0 Å². The summed E-state index contributed by atoms with van der Waals surface area (Å²) in [6.45, 7) is 1.71. The molecule has 1 amide bonds. The minimum atomic E-state index is -1.04. The van der Waals surface area contributed by atoms with Crippen LogP contribution in [-0.4, -0.2) is 36.7 Å². The fourth-order valence-electron chi connectivity index (χ4n) is 0.570. The molecule has 2 N–H and O–H groups in total. The van der Waals surface area contributed by atoms with Gasteiger partial charge in [0.15, 0.2) is 0 Å². The van der Waals surface area contributed by atoms with Gasteiger partial charge >= 0.3 is 5.97 Å². The molecule has 0 heterocycles. The van der Waals surface area contributed by atoms with E-state index in [9.17, 15) is 9.59 Å². The molecule has 0 aromatic rings. The molecular weight excluding hydrogens is 162 g/mol. The van der Waals surface area contributed by atoms with Crippen LogP contribution in [-0.2, 0) is 14.3 Å². The van der Waals surface area contributed by atoms with Crippen LogP contribution in [0.4, 0.5) is 0 Å². The maximum Gasteiger partial charge on any atom is 0.325 e. The van der Waals surface area contributed by atoms with E-state index in [1.165, 1.54) is 14.0 Å². The highest BCUT2D eigenvalue weighted by Gasteiger charge is 2.12. The molecule has 1 atom stereocenters. The second-order valence-corrected chi connectivity index (χ2v) is 2.37. The summed E-state index contributed by atoms with van der Waals surface area (Å²) in [6.07, 6.45) is 0.189. The molecular formula is C7H13NO4. The van der Waals surface area contributed by atoms with Gasteiger partial charge in [-0.25, -0.2) is 0 Å². The summed E-state index contributed by atoms with van der Waals surface area (Å²) in [5.74, 6) is -1.35. The van der Waals surface area contributed by atoms with Crippen LogP contribution >= 0.6 is 0 Å². The summed E-state index contributed by atoms with van der Waals surface area (Å²) >= 11 is 0. The first-order valence-corrected chi connectivity index (χ1v) is 3.59. The van der Waals surface area contributed by atoms with Crippen LogP contribution in [0, 0.1) is 0 Å². The number of carbonyl (C=O) groups is 2. The van der Waals surface area contributed by atoms with Crippen molar-refractivity contribution in [2.75, 3.05) is 13.7 Å². The Labute approximate surface area is 70.7 Å². The third-order valence-electron chi connectivity index (χ3n) is 1.28. The molecule has 0 saturated heterocycles. The van der Waals surface area contributed by atoms with Gasteiger partial charge in [-0.3, -0.25) is 9.59 Å². The van der Waals surface area contributed by atoms with E-state index in [4.69, 9.17) is 5.11 Å². The number of aliphatic carboxylic acids is 1. The lowest BCUT2D eigenvalue weighted by Crippen LogP contribution is -2.38. The van der Waals surface area contributed by atoms with Gasteiger partial charge in [0.2, 0.25) is 5.91 Å². The standard InChI is InChI=1S/C7H13NO4/c1-5(7(10)11)8-6(9)3-4-12-2/h5H,3-4H2,1-2H3,(H,8,9)(H,10,11)/t5-/m1/s1. The van der Waals surface area contributed by atoms with E-state index >= 15 is 0 Å². The maximum atomic E-state index is 10.9. The van der Waals surface area contributed by atoms with Crippen molar-refractivity contribution in [2.24, 2.45) is 0 Å². The number of carbonyl (C=O) groups excluding carboxylic acids is 1. The molecule has 70 valence electrons. The number of hydrogen-bond acceptors (Lipinski definition) is 3. The van der Waals surface area contributed by atoms with Crippen molar-refractivity contribution < 1.29 is 19.4 Å². The predicted molar refractivity (Wildman–Crippen MR) is 41.7 cm³/mol. The average Bonchev–Trinajstić information content (AvgIpc) is 2.00. The van der Waals surface area contributed by atoms with Crippen molar-refractivity contribution in [1.29, 1.82) is 0 Å². The number of nitrogens with one attached hydrogen (secondary N) is 1. The third kappa shape index (κ3) is 4.68. The molecule has 5 nitrogen and oxygen atoms in total. The van der Waals surface area contributed by atoms with E-state index in [1.807, 2.05) is 0 Å². The van der Waals surface area contributed by atoms with Gasteiger partial charge in [-0.1, -0.05) is 0 Å². The van der Waals surface area contributed by atoms with Crippen molar-refractivity contribution in [1.82, 2.24) is 5.32 Å². The highest BCUT2D eigenvalue weighted by atomic mass is 16.5. The van der Waals surface area contributed by atoms with E-state index in [2.05, 4.69) is 10.1 Å². The fraction of sp³-hybridized carbons (Fsp3) is 0.714. The molecule has 0 saturated carbocycles. The summed E-state index contributed by atoms with van der Waals surface area (Å²) in [5.41, 5.74) is 0. The first-order chi connectivity index (χ1) is 5.57. The van der Waals surface area contributed by atoms with Crippen LogP contribution in [0.5, 0.6) is 0 Å². The van der Waals surface area contributed by atoms with Gasteiger partial charge in [-0.15, -0.1) is 0 Å². The smallest absolute Gasteiger partial charge is 0.325 e. The average molecular weight is 175 g/mol. The van der Waals surface area contributed by atoms with E-state index in [0.29, 0.717) is 6.61 Å². The van der Waals surface area contributed by atoms with Crippen molar-refractivity contribution in [3.05, 3.63) is 0 Å². The summed E-state index contributed by atoms with van der Waals surface area (Å²) in [5, 5.41) is 10.7. The summed E-state index contributed by atoms with van der Waals surface area (Å²) < 4.78 is 4.65. The highest BCUT2D eigenvalue weighted by molar-refractivity contribution is 5.83. The number of methoxy groups -OCH3 is 1. The fourth-order valence-corrected chi connectivity index (χ4v) is 0.570. The van der Waals surface area contributed by atoms with Crippen LogP contribution in [0.1, 0.15) is 13.3 Å². The van der Waals surface area contributed by atoms with Gasteiger partial charge in [0.1, 0.15) is 6.04 Å². The quantitative estimate of drug-likeness (QED) is 0.596. The Morgan fingerprint density at radius 1 is 1.58 bits per heavy atom. The van der Waals surface area contributed by atoms with Gasteiger partial charge in [-0.2, -0.15) is 0 Å². The molecule has 0 aliphatic rings. The highest BCUT2D eigenvalue weighted by Crippen LogP contribution is 1.85. The van der Waals surface area contributed by atoms with Crippen LogP contribution in [0.25, 0.3) is 0 Å². The summed E-state index contributed by atoms with van der Waals surface area (Å²) in [4.78, 5) is 21.1. The minimum Gasteiger partial charge on any atom is -0.480 e. The zero-order valence-corrected chi connectivity index (χ0v) is 7.16. The van der Waals surface area contributed by atoms with Crippen molar-refractivity contribution in [2.45, 2.75) is 19.4 Å². The minimum absolute atomic E-state index is 0.189. The topological polar surface area (TPSA) is 75.6 Å². The lowest BCUT2D eigenvalue weighted by Gasteiger charge is -2.08. The van der Waals surface area contributed by atoms with Gasteiger partial charge in [0, 0.05) is 13.5 Å². The number of carboxylic acid groups (broad SMARTS) is 1. The van der Waals surface area contributed by atoms with Gasteiger partial charge < -0.3 is 15.2 Å². The molecule has 0 aromatic heterocycles. The van der Waals surface area contributed by atoms with Gasteiger partial charge in [-0.05, 0) is 6.92 Å². The number of ether oxygens (including phenoxy) is 1. The van der Waals surface area contributed by atoms with Crippen molar-refractivity contribution >= 4 is 11.9 Å². The Morgan fingerprint density at radius 2 is 2.17 bits per heavy atom. The summed E-state index contributed by atoms with van der Waals surface area (Å²) in [6, 6.07) is -0.839. The van der Waals surface area contributed by atoms with E-state index < -0.39 is 12.0 Å². The molecule has 0 rings (SSSR count). The Morgan fingerprint density at radius 3 is 2.58 bits per heavy atom. The lowest BCUT2D eigenvalue weighted by molar-refractivity contribution is -0.141. The Balaban J connectivity index is 3.61. The Kier molecular flexibility index (Phi) is 5.03. The van der Waals surface area contributed by atoms with E-state index in [0.717, 1.165) is 0 Å². The molecule has 5 heteroatoms. The van der Waals surface area contributed by atoms with Crippen LogP contribution in [0.3, 0.4) is 0 Å². The van der Waals surface area contributed by atoms with Crippen LogP contribution < -0.4 is 5.32 Å². The van der Waals surface area contributed by atoms with Crippen molar-refractivity contribution in [3.63, 3.8) is 0 Å². The number of carboxylic acids is 1. The number of hydrogen-bond donors (Lipinski definition) is 2. The molecule has 0 radical (unpaired) electrons. The van der Waals surface area contributed by atoms with E-state index in [1.54, 1.807) is 0 Å². The monoisotopic (exact) mass is 175 g/mol. The van der Waals surface area contributed by atoms with Crippen LogP contribution in [0.15, 0.2) is 0 Å². The molecule has 0 fully saturated rings. The Hall–Kier alpha value is -1.10. The molecule has 12 heavy (non-hydrogen) atoms. The first kappa shape index (κ1) is 10.9. The Bertz CT molecular complexity index is 169.